The van der Waals surface area contributed by atoms with Crippen molar-refractivity contribution in [3.8, 4) is 0 Å². The Hall–Kier alpha value is -0.0800. The molecule has 0 saturated carbocycles. The van der Waals surface area contributed by atoms with Crippen molar-refractivity contribution >= 4 is 0 Å². The molecule has 0 N–H and O–H groups in total. The molecule has 0 aromatic carbocycles. The van der Waals surface area contributed by atoms with Crippen LogP contribution in [0.2, 0.25) is 0 Å². The molecular formula is C20H44N2+2. The van der Waals surface area contributed by atoms with Gasteiger partial charge in [0.05, 0.1) is 26.2 Å². The second kappa shape index (κ2) is 10.6. The summed E-state index contributed by atoms with van der Waals surface area (Å²) in [5.74, 6) is 0. The minimum absolute atomic E-state index is 1.36. The normalized spacial score (nSPS) is 20.2. The van der Waals surface area contributed by atoms with Gasteiger partial charge in [0.2, 0.25) is 0 Å². The molecule has 0 spiro atoms. The fourth-order valence-electron chi connectivity index (χ4n) is 4.16. The molecule has 0 amide bonds. The highest BCUT2D eigenvalue weighted by molar-refractivity contribution is 4.57. The van der Waals surface area contributed by atoms with Crippen molar-refractivity contribution in [2.45, 2.75) is 79.1 Å². The topological polar surface area (TPSA) is 0 Å². The average Bonchev–Trinajstić information content (AvgIpc) is 2.56. The zero-order valence-corrected chi connectivity index (χ0v) is 16.2. The Bertz CT molecular complexity index is 219. The first-order valence-electron chi connectivity index (χ1n) is 10.4. The van der Waals surface area contributed by atoms with E-state index in [1.165, 1.54) is 113 Å². The van der Waals surface area contributed by atoms with E-state index in [0.29, 0.717) is 0 Å². The summed E-state index contributed by atoms with van der Waals surface area (Å²) < 4.78 is 2.89. The lowest BCUT2D eigenvalue weighted by Crippen LogP contribution is -2.67. The molecule has 1 aliphatic heterocycles. The van der Waals surface area contributed by atoms with Crippen LogP contribution in [0.25, 0.3) is 0 Å². The monoisotopic (exact) mass is 312 g/mol. The smallest absolute Gasteiger partial charge is 0.129 e. The van der Waals surface area contributed by atoms with Crippen molar-refractivity contribution in [3.63, 3.8) is 0 Å². The van der Waals surface area contributed by atoms with E-state index in [1.54, 1.807) is 0 Å². The number of rotatable bonds is 12. The van der Waals surface area contributed by atoms with Gasteiger partial charge in [0.15, 0.2) is 0 Å². The molecule has 0 aromatic heterocycles. The molecule has 0 bridgehead atoms. The number of quaternary nitrogens is 2. The Morgan fingerprint density at radius 2 is 0.682 bits per heavy atom. The SMILES string of the molecule is CCCC[N+]1(CCCC)CC[N+](CCCC)(CCCC)CC1. The Labute approximate surface area is 141 Å². The van der Waals surface area contributed by atoms with E-state index in [9.17, 15) is 0 Å². The maximum absolute atomic E-state index is 2.35. The zero-order chi connectivity index (χ0) is 16.3. The van der Waals surface area contributed by atoms with Crippen molar-refractivity contribution in [2.24, 2.45) is 0 Å². The highest BCUT2D eigenvalue weighted by Crippen LogP contribution is 2.23. The molecule has 2 nitrogen and oxygen atoms in total. The van der Waals surface area contributed by atoms with Crippen molar-refractivity contribution < 1.29 is 8.97 Å². The predicted octanol–water partition coefficient (Wildman–Crippen LogP) is 4.83. The van der Waals surface area contributed by atoms with Gasteiger partial charge in [-0.2, -0.15) is 0 Å². The van der Waals surface area contributed by atoms with Crippen molar-refractivity contribution in [3.05, 3.63) is 0 Å². The highest BCUT2D eigenvalue weighted by Gasteiger charge is 2.40. The first-order valence-corrected chi connectivity index (χ1v) is 10.4. The largest absolute Gasteiger partial charge is 0.314 e. The van der Waals surface area contributed by atoms with Gasteiger partial charge in [-0.05, 0) is 25.7 Å². The van der Waals surface area contributed by atoms with E-state index >= 15 is 0 Å². The molecule has 0 aliphatic carbocycles. The molecule has 0 atom stereocenters. The van der Waals surface area contributed by atoms with Crippen LogP contribution < -0.4 is 0 Å². The molecular weight excluding hydrogens is 268 g/mol. The van der Waals surface area contributed by atoms with Crippen LogP contribution >= 0.6 is 0 Å². The number of unbranched alkanes of at least 4 members (excludes halogenated alkanes) is 4. The molecule has 0 unspecified atom stereocenters. The van der Waals surface area contributed by atoms with Crippen LogP contribution in [-0.2, 0) is 0 Å². The van der Waals surface area contributed by atoms with E-state index in [0.717, 1.165) is 0 Å². The fraction of sp³-hybridized carbons (Fsp3) is 1.00. The first kappa shape index (κ1) is 20.0. The van der Waals surface area contributed by atoms with E-state index in [-0.39, 0.29) is 0 Å². The molecule has 1 heterocycles. The van der Waals surface area contributed by atoms with Crippen LogP contribution in [0.4, 0.5) is 0 Å². The van der Waals surface area contributed by atoms with Gasteiger partial charge in [0, 0.05) is 0 Å². The number of nitrogens with zero attached hydrogens (tertiary/aromatic N) is 2. The molecule has 1 saturated heterocycles. The van der Waals surface area contributed by atoms with E-state index in [1.807, 2.05) is 0 Å². The minimum atomic E-state index is 1.36. The molecule has 132 valence electrons. The summed E-state index contributed by atoms with van der Waals surface area (Å²) in [6.45, 7) is 21.0. The van der Waals surface area contributed by atoms with Crippen LogP contribution in [0.5, 0.6) is 0 Å². The van der Waals surface area contributed by atoms with Crippen LogP contribution in [0, 0.1) is 0 Å². The summed E-state index contributed by atoms with van der Waals surface area (Å²) in [5.41, 5.74) is 0. The fourth-order valence-corrected chi connectivity index (χ4v) is 4.16. The standard InChI is InChI=1S/C20H44N2/c1-5-9-13-21(14-10-6-2)17-19-22(20-18-21,15-11-7-3)16-12-8-4/h5-20H2,1-4H3/q+2. The summed E-state index contributed by atoms with van der Waals surface area (Å²) in [5, 5.41) is 0. The zero-order valence-electron chi connectivity index (χ0n) is 16.2. The summed E-state index contributed by atoms with van der Waals surface area (Å²) in [6, 6.07) is 0. The quantitative estimate of drug-likeness (QED) is 0.453. The molecule has 1 fully saturated rings. The lowest BCUT2D eigenvalue weighted by Gasteiger charge is -2.50. The summed E-state index contributed by atoms with van der Waals surface area (Å²) in [7, 11) is 0. The van der Waals surface area contributed by atoms with Gasteiger partial charge in [-0.15, -0.1) is 0 Å². The minimum Gasteiger partial charge on any atom is -0.314 e. The maximum atomic E-state index is 2.35. The number of piperazine rings is 1. The van der Waals surface area contributed by atoms with E-state index < -0.39 is 0 Å². The molecule has 22 heavy (non-hydrogen) atoms. The Morgan fingerprint density at radius 3 is 0.864 bits per heavy atom. The van der Waals surface area contributed by atoms with Crippen molar-refractivity contribution in [1.29, 1.82) is 0 Å². The van der Waals surface area contributed by atoms with Crippen LogP contribution in [0.3, 0.4) is 0 Å². The average molecular weight is 313 g/mol. The second-order valence-corrected chi connectivity index (χ2v) is 7.89. The van der Waals surface area contributed by atoms with Crippen LogP contribution in [0.1, 0.15) is 79.1 Å². The Kier molecular flexibility index (Phi) is 9.66. The molecule has 0 aromatic rings. The van der Waals surface area contributed by atoms with Gasteiger partial charge >= 0.3 is 0 Å². The third-order valence-corrected chi connectivity index (χ3v) is 6.04. The second-order valence-electron chi connectivity index (χ2n) is 7.89. The molecule has 2 heteroatoms. The van der Waals surface area contributed by atoms with Gasteiger partial charge < -0.3 is 8.97 Å². The lowest BCUT2D eigenvalue weighted by molar-refractivity contribution is -1.03. The molecule has 1 rings (SSSR count). The summed E-state index contributed by atoms with van der Waals surface area (Å²) in [4.78, 5) is 0. The molecule has 0 radical (unpaired) electrons. The predicted molar refractivity (Wildman–Crippen MR) is 99.1 cm³/mol. The van der Waals surface area contributed by atoms with Gasteiger partial charge in [0.25, 0.3) is 0 Å². The Morgan fingerprint density at radius 1 is 0.455 bits per heavy atom. The van der Waals surface area contributed by atoms with E-state index in [2.05, 4.69) is 27.7 Å². The van der Waals surface area contributed by atoms with Gasteiger partial charge in [-0.1, -0.05) is 53.4 Å². The summed E-state index contributed by atoms with van der Waals surface area (Å²) >= 11 is 0. The van der Waals surface area contributed by atoms with E-state index in [4.69, 9.17) is 0 Å². The lowest BCUT2D eigenvalue weighted by atomic mass is 10.1. The van der Waals surface area contributed by atoms with Crippen molar-refractivity contribution in [2.75, 3.05) is 52.4 Å². The maximum Gasteiger partial charge on any atom is 0.129 e. The summed E-state index contributed by atoms with van der Waals surface area (Å²) in [6.07, 6.45) is 11.1. The van der Waals surface area contributed by atoms with Crippen molar-refractivity contribution in [1.82, 2.24) is 0 Å². The van der Waals surface area contributed by atoms with Gasteiger partial charge in [-0.3, -0.25) is 0 Å². The van der Waals surface area contributed by atoms with Gasteiger partial charge in [0.1, 0.15) is 26.2 Å². The number of hydrogen-bond acceptors (Lipinski definition) is 0. The van der Waals surface area contributed by atoms with Crippen LogP contribution in [0.15, 0.2) is 0 Å². The highest BCUT2D eigenvalue weighted by atomic mass is 15.5. The third-order valence-electron chi connectivity index (χ3n) is 6.04. The first-order chi connectivity index (χ1) is 10.7. The molecule has 1 aliphatic rings. The number of hydrogen-bond donors (Lipinski definition) is 0. The Balaban J connectivity index is 2.65. The van der Waals surface area contributed by atoms with Gasteiger partial charge in [-0.25, -0.2) is 0 Å². The third kappa shape index (κ3) is 6.20. The van der Waals surface area contributed by atoms with Crippen LogP contribution in [-0.4, -0.2) is 61.3 Å².